The number of aromatic nitrogens is 2. The molecule has 0 unspecified atom stereocenters. The van der Waals surface area contributed by atoms with Gasteiger partial charge in [-0.15, -0.1) is 0 Å². The van der Waals surface area contributed by atoms with Crippen molar-refractivity contribution in [3.63, 3.8) is 0 Å². The Morgan fingerprint density at radius 3 is 2.93 bits per heavy atom. The van der Waals surface area contributed by atoms with Crippen molar-refractivity contribution >= 4 is 0 Å². The third-order valence-electron chi connectivity index (χ3n) is 3.27. The lowest BCUT2D eigenvalue weighted by atomic mass is 9.93. The zero-order valence-electron chi connectivity index (χ0n) is 8.70. The molecule has 2 aliphatic heterocycles. The number of nitrogens with zero attached hydrogens (tertiary/aromatic N) is 2. The lowest BCUT2D eigenvalue weighted by Crippen LogP contribution is -2.17. The fourth-order valence-electron chi connectivity index (χ4n) is 2.44. The molecule has 0 saturated carbocycles. The molecule has 4 nitrogen and oxygen atoms in total. The second-order valence-corrected chi connectivity index (χ2v) is 4.17. The van der Waals surface area contributed by atoms with Crippen LogP contribution >= 0.6 is 0 Å². The van der Waals surface area contributed by atoms with Crippen LogP contribution in [-0.2, 0) is 17.8 Å². The predicted molar refractivity (Wildman–Crippen MR) is 55.4 cm³/mol. The molecule has 2 aliphatic rings. The molecule has 0 bridgehead atoms. The van der Waals surface area contributed by atoms with Gasteiger partial charge in [-0.1, -0.05) is 0 Å². The SMILES string of the molecule is c1nc2c(c(C3CCOCC3)n1)CNC2. The van der Waals surface area contributed by atoms with E-state index >= 15 is 0 Å². The molecule has 1 aromatic rings. The summed E-state index contributed by atoms with van der Waals surface area (Å²) in [5.74, 6) is 0.579. The van der Waals surface area contributed by atoms with Gasteiger partial charge >= 0.3 is 0 Å². The minimum atomic E-state index is 0.579. The van der Waals surface area contributed by atoms with Crippen LogP contribution in [0.3, 0.4) is 0 Å². The van der Waals surface area contributed by atoms with Gasteiger partial charge < -0.3 is 10.1 Å². The first-order valence-electron chi connectivity index (χ1n) is 5.56. The summed E-state index contributed by atoms with van der Waals surface area (Å²) in [6.45, 7) is 3.57. The Balaban J connectivity index is 1.93. The summed E-state index contributed by atoms with van der Waals surface area (Å²) in [6.07, 6.45) is 3.91. The maximum atomic E-state index is 5.38. The van der Waals surface area contributed by atoms with Crippen molar-refractivity contribution in [1.82, 2.24) is 15.3 Å². The predicted octanol–water partition coefficient (Wildman–Crippen LogP) is 0.974. The van der Waals surface area contributed by atoms with Crippen molar-refractivity contribution in [2.75, 3.05) is 13.2 Å². The minimum absolute atomic E-state index is 0.579. The summed E-state index contributed by atoms with van der Waals surface area (Å²) in [5, 5.41) is 3.33. The van der Waals surface area contributed by atoms with Gasteiger partial charge in [-0.2, -0.15) is 0 Å². The van der Waals surface area contributed by atoms with Crippen molar-refractivity contribution in [3.8, 4) is 0 Å². The van der Waals surface area contributed by atoms with E-state index < -0.39 is 0 Å². The highest BCUT2D eigenvalue weighted by atomic mass is 16.5. The van der Waals surface area contributed by atoms with E-state index in [-0.39, 0.29) is 0 Å². The van der Waals surface area contributed by atoms with Gasteiger partial charge in [0.05, 0.1) is 11.4 Å². The summed E-state index contributed by atoms with van der Waals surface area (Å²) >= 11 is 0. The van der Waals surface area contributed by atoms with Gasteiger partial charge in [0.2, 0.25) is 0 Å². The third kappa shape index (κ3) is 1.64. The summed E-state index contributed by atoms with van der Waals surface area (Å²) in [5.41, 5.74) is 3.78. The molecule has 1 fully saturated rings. The minimum Gasteiger partial charge on any atom is -0.381 e. The van der Waals surface area contributed by atoms with Crippen molar-refractivity contribution < 1.29 is 4.74 Å². The number of hydrogen-bond acceptors (Lipinski definition) is 4. The summed E-state index contributed by atoms with van der Waals surface area (Å²) in [6, 6.07) is 0. The fourth-order valence-corrected chi connectivity index (χ4v) is 2.44. The molecule has 3 rings (SSSR count). The van der Waals surface area contributed by atoms with Crippen LogP contribution in [0, 0.1) is 0 Å². The molecule has 0 radical (unpaired) electrons. The topological polar surface area (TPSA) is 47.0 Å². The normalized spacial score (nSPS) is 21.6. The van der Waals surface area contributed by atoms with E-state index in [1.54, 1.807) is 6.33 Å². The Hall–Kier alpha value is -1.00. The van der Waals surface area contributed by atoms with Crippen LogP contribution in [0.4, 0.5) is 0 Å². The molecular formula is C11H15N3O. The van der Waals surface area contributed by atoms with Crippen LogP contribution in [0.25, 0.3) is 0 Å². The van der Waals surface area contributed by atoms with Gasteiger partial charge in [-0.25, -0.2) is 9.97 Å². The molecule has 0 amide bonds. The standard InChI is InChI=1S/C11H15N3O/c1-3-15-4-2-8(1)11-9-5-12-6-10(9)13-7-14-11/h7-8,12H,1-6H2. The van der Waals surface area contributed by atoms with E-state index in [0.29, 0.717) is 5.92 Å². The molecule has 1 N–H and O–H groups in total. The van der Waals surface area contributed by atoms with Crippen LogP contribution in [0.5, 0.6) is 0 Å². The van der Waals surface area contributed by atoms with Gasteiger partial charge in [-0.05, 0) is 12.8 Å². The van der Waals surface area contributed by atoms with Gasteiger partial charge in [0.1, 0.15) is 6.33 Å². The van der Waals surface area contributed by atoms with E-state index in [4.69, 9.17) is 4.74 Å². The lowest BCUT2D eigenvalue weighted by molar-refractivity contribution is 0.0843. The van der Waals surface area contributed by atoms with Crippen molar-refractivity contribution in [2.45, 2.75) is 31.8 Å². The zero-order chi connectivity index (χ0) is 10.1. The Bertz CT molecular complexity index is 361. The van der Waals surface area contributed by atoms with Crippen molar-refractivity contribution in [2.24, 2.45) is 0 Å². The number of fused-ring (bicyclic) bond motifs is 1. The Morgan fingerprint density at radius 1 is 1.20 bits per heavy atom. The highest BCUT2D eigenvalue weighted by Gasteiger charge is 2.24. The molecule has 0 spiro atoms. The molecular weight excluding hydrogens is 190 g/mol. The third-order valence-corrected chi connectivity index (χ3v) is 3.27. The zero-order valence-corrected chi connectivity index (χ0v) is 8.70. The molecule has 1 aromatic heterocycles. The first-order chi connectivity index (χ1) is 7.45. The highest BCUT2D eigenvalue weighted by Crippen LogP contribution is 2.29. The quantitative estimate of drug-likeness (QED) is 0.742. The van der Waals surface area contributed by atoms with E-state index in [1.165, 1.54) is 17.0 Å². The van der Waals surface area contributed by atoms with Gasteiger partial charge in [0.25, 0.3) is 0 Å². The van der Waals surface area contributed by atoms with E-state index in [2.05, 4.69) is 15.3 Å². The molecule has 15 heavy (non-hydrogen) atoms. The average molecular weight is 205 g/mol. The molecule has 4 heteroatoms. The molecule has 0 aliphatic carbocycles. The van der Waals surface area contributed by atoms with Crippen LogP contribution in [-0.4, -0.2) is 23.2 Å². The maximum Gasteiger partial charge on any atom is 0.116 e. The molecule has 3 heterocycles. The number of ether oxygens (including phenoxy) is 1. The van der Waals surface area contributed by atoms with Crippen LogP contribution in [0.1, 0.15) is 35.7 Å². The second-order valence-electron chi connectivity index (χ2n) is 4.17. The molecule has 1 saturated heterocycles. The smallest absolute Gasteiger partial charge is 0.116 e. The fraction of sp³-hybridized carbons (Fsp3) is 0.636. The second kappa shape index (κ2) is 3.87. The van der Waals surface area contributed by atoms with Crippen molar-refractivity contribution in [1.29, 1.82) is 0 Å². The van der Waals surface area contributed by atoms with Crippen molar-refractivity contribution in [3.05, 3.63) is 23.3 Å². The van der Waals surface area contributed by atoms with Gasteiger partial charge in [0, 0.05) is 37.8 Å². The first kappa shape index (κ1) is 9.24. The highest BCUT2D eigenvalue weighted by molar-refractivity contribution is 5.30. The first-order valence-corrected chi connectivity index (χ1v) is 5.56. The summed E-state index contributed by atoms with van der Waals surface area (Å²) in [4.78, 5) is 8.78. The number of hydrogen-bond donors (Lipinski definition) is 1. The number of nitrogens with one attached hydrogen (secondary N) is 1. The van der Waals surface area contributed by atoms with E-state index in [0.717, 1.165) is 39.1 Å². The van der Waals surface area contributed by atoms with E-state index in [9.17, 15) is 0 Å². The van der Waals surface area contributed by atoms with Gasteiger partial charge in [0.15, 0.2) is 0 Å². The average Bonchev–Trinajstić information content (AvgIpc) is 2.78. The van der Waals surface area contributed by atoms with Gasteiger partial charge in [-0.3, -0.25) is 0 Å². The van der Waals surface area contributed by atoms with Crippen LogP contribution < -0.4 is 5.32 Å². The summed E-state index contributed by atoms with van der Waals surface area (Å²) < 4.78 is 5.38. The van der Waals surface area contributed by atoms with Crippen LogP contribution in [0.2, 0.25) is 0 Å². The Labute approximate surface area is 89.1 Å². The number of rotatable bonds is 1. The molecule has 80 valence electrons. The largest absolute Gasteiger partial charge is 0.381 e. The molecule has 0 atom stereocenters. The lowest BCUT2D eigenvalue weighted by Gasteiger charge is -2.22. The Morgan fingerprint density at radius 2 is 2.07 bits per heavy atom. The maximum absolute atomic E-state index is 5.38. The summed E-state index contributed by atoms with van der Waals surface area (Å²) in [7, 11) is 0. The Kier molecular flexibility index (Phi) is 2.38. The van der Waals surface area contributed by atoms with Crippen LogP contribution in [0.15, 0.2) is 6.33 Å². The van der Waals surface area contributed by atoms with E-state index in [1.807, 2.05) is 0 Å². The monoisotopic (exact) mass is 205 g/mol. The molecule has 0 aromatic carbocycles.